The van der Waals surface area contributed by atoms with Crippen molar-refractivity contribution < 1.29 is 0 Å². The normalized spacial score (nSPS) is 11.3. The first-order valence-electron chi connectivity index (χ1n) is 16.5. The summed E-state index contributed by atoms with van der Waals surface area (Å²) >= 11 is 1.85. The zero-order valence-corrected chi connectivity index (χ0v) is 27.4. The van der Waals surface area contributed by atoms with Crippen LogP contribution in [0.4, 0.5) is 0 Å². The highest BCUT2D eigenvalue weighted by Crippen LogP contribution is 2.39. The van der Waals surface area contributed by atoms with Crippen molar-refractivity contribution in [3.8, 4) is 67.3 Å². The van der Waals surface area contributed by atoms with Crippen LogP contribution in [0.5, 0.6) is 0 Å². The second kappa shape index (κ2) is 12.5. The van der Waals surface area contributed by atoms with Crippen molar-refractivity contribution in [2.24, 2.45) is 0 Å². The third-order valence-electron chi connectivity index (χ3n) is 9.09. The Bertz CT molecular complexity index is 2510. The summed E-state index contributed by atoms with van der Waals surface area (Å²) < 4.78 is 2.60. The van der Waals surface area contributed by atoms with Gasteiger partial charge in [-0.25, -0.2) is 9.97 Å². The van der Waals surface area contributed by atoms with Crippen LogP contribution in [0.15, 0.2) is 182 Å². The first kappa shape index (κ1) is 29.0. The molecule has 0 aliphatic carbocycles. The van der Waals surface area contributed by atoms with Gasteiger partial charge in [-0.15, -0.1) is 11.3 Å². The number of hydrogen-bond donors (Lipinski definition) is 0. The van der Waals surface area contributed by atoms with Gasteiger partial charge in [0.05, 0.1) is 11.4 Å². The lowest BCUT2D eigenvalue weighted by atomic mass is 9.93. The third kappa shape index (κ3) is 5.71. The second-order valence-corrected chi connectivity index (χ2v) is 13.3. The van der Waals surface area contributed by atoms with E-state index in [1.807, 2.05) is 35.6 Å². The Balaban J connectivity index is 1.23. The standard InChI is InChI=1S/C46H30N2S/c1-4-12-31(13-5-1)32-20-22-33(23-21-32)37-26-38(36-24-25-41-40-18-10-11-19-44(40)49-45(41)29-36)28-39(27-37)43-30-42(34-14-6-2-7-15-34)47-46(48-43)35-16-8-3-9-17-35/h1-30H. The molecular formula is C46H30N2S. The summed E-state index contributed by atoms with van der Waals surface area (Å²) in [7, 11) is 0. The fraction of sp³-hybridized carbons (Fsp3) is 0. The fourth-order valence-electron chi connectivity index (χ4n) is 6.57. The monoisotopic (exact) mass is 642 g/mol. The van der Waals surface area contributed by atoms with Crippen LogP contribution < -0.4 is 0 Å². The Hall–Kier alpha value is -6.16. The van der Waals surface area contributed by atoms with Crippen LogP contribution in [0.2, 0.25) is 0 Å². The molecule has 0 aliphatic rings. The molecule has 0 aliphatic heterocycles. The lowest BCUT2D eigenvalue weighted by Gasteiger charge is -2.14. The Morgan fingerprint density at radius 2 is 0.755 bits per heavy atom. The van der Waals surface area contributed by atoms with Gasteiger partial charge < -0.3 is 0 Å². The summed E-state index contributed by atoms with van der Waals surface area (Å²) in [4.78, 5) is 10.2. The SMILES string of the molecule is c1ccc(-c2ccc(-c3cc(-c4ccc5c(c4)sc4ccccc45)cc(-c4cc(-c5ccccc5)nc(-c5ccccc5)n4)c3)cc2)cc1. The highest BCUT2D eigenvalue weighted by Gasteiger charge is 2.15. The van der Waals surface area contributed by atoms with E-state index in [1.54, 1.807) is 0 Å². The van der Waals surface area contributed by atoms with Gasteiger partial charge in [0, 0.05) is 36.9 Å². The van der Waals surface area contributed by atoms with E-state index in [4.69, 9.17) is 9.97 Å². The number of rotatable bonds is 6. The van der Waals surface area contributed by atoms with Crippen molar-refractivity contribution in [2.45, 2.75) is 0 Å². The average Bonchev–Trinajstić information content (AvgIpc) is 3.57. The molecule has 0 amide bonds. The molecule has 0 saturated heterocycles. The summed E-state index contributed by atoms with van der Waals surface area (Å²) in [5.41, 5.74) is 11.9. The predicted octanol–water partition coefficient (Wildman–Crippen LogP) is 12.8. The minimum Gasteiger partial charge on any atom is -0.228 e. The maximum atomic E-state index is 5.19. The number of nitrogens with zero attached hydrogens (tertiary/aromatic N) is 2. The van der Waals surface area contributed by atoms with Crippen LogP contribution in [0.3, 0.4) is 0 Å². The van der Waals surface area contributed by atoms with E-state index in [9.17, 15) is 0 Å². The molecule has 2 heterocycles. The predicted molar refractivity (Wildman–Crippen MR) is 208 cm³/mol. The van der Waals surface area contributed by atoms with Gasteiger partial charge in [-0.3, -0.25) is 0 Å². The molecule has 230 valence electrons. The summed E-state index contributed by atoms with van der Waals surface area (Å²) in [5, 5.41) is 2.61. The number of benzene rings is 7. The number of aromatic nitrogens is 2. The van der Waals surface area contributed by atoms with Gasteiger partial charge in [-0.2, -0.15) is 0 Å². The molecule has 0 unspecified atom stereocenters. The quantitative estimate of drug-likeness (QED) is 0.180. The van der Waals surface area contributed by atoms with Gasteiger partial charge in [0.15, 0.2) is 5.82 Å². The van der Waals surface area contributed by atoms with E-state index in [-0.39, 0.29) is 0 Å². The van der Waals surface area contributed by atoms with Crippen molar-refractivity contribution in [1.29, 1.82) is 0 Å². The van der Waals surface area contributed by atoms with Crippen LogP contribution in [0.1, 0.15) is 0 Å². The molecule has 0 saturated carbocycles. The zero-order chi connectivity index (χ0) is 32.6. The van der Waals surface area contributed by atoms with Gasteiger partial charge in [0.1, 0.15) is 0 Å². The summed E-state index contributed by atoms with van der Waals surface area (Å²) in [6, 6.07) is 64.6. The van der Waals surface area contributed by atoms with Crippen LogP contribution >= 0.6 is 11.3 Å². The highest BCUT2D eigenvalue weighted by atomic mass is 32.1. The second-order valence-electron chi connectivity index (χ2n) is 12.2. The number of thiophene rings is 1. The van der Waals surface area contributed by atoms with E-state index < -0.39 is 0 Å². The van der Waals surface area contributed by atoms with E-state index in [2.05, 4.69) is 158 Å². The fourth-order valence-corrected chi connectivity index (χ4v) is 7.71. The maximum Gasteiger partial charge on any atom is 0.160 e. The molecular weight excluding hydrogens is 613 g/mol. The first-order valence-corrected chi connectivity index (χ1v) is 17.3. The van der Waals surface area contributed by atoms with E-state index in [0.717, 1.165) is 44.8 Å². The molecule has 2 nitrogen and oxygen atoms in total. The molecule has 0 spiro atoms. The third-order valence-corrected chi connectivity index (χ3v) is 10.2. The van der Waals surface area contributed by atoms with E-state index in [0.29, 0.717) is 5.82 Å². The lowest BCUT2D eigenvalue weighted by molar-refractivity contribution is 1.18. The number of hydrogen-bond acceptors (Lipinski definition) is 3. The largest absolute Gasteiger partial charge is 0.228 e. The summed E-state index contributed by atoms with van der Waals surface area (Å²) in [5.74, 6) is 0.711. The first-order chi connectivity index (χ1) is 24.2. The van der Waals surface area contributed by atoms with Crippen LogP contribution in [0.25, 0.3) is 87.5 Å². The minimum atomic E-state index is 0.711. The van der Waals surface area contributed by atoms with Crippen molar-refractivity contribution in [2.75, 3.05) is 0 Å². The van der Waals surface area contributed by atoms with E-state index in [1.165, 1.54) is 36.9 Å². The topological polar surface area (TPSA) is 25.8 Å². The zero-order valence-electron chi connectivity index (χ0n) is 26.6. The van der Waals surface area contributed by atoms with Gasteiger partial charge in [-0.1, -0.05) is 146 Å². The number of fused-ring (bicyclic) bond motifs is 3. The van der Waals surface area contributed by atoms with Crippen LogP contribution in [-0.4, -0.2) is 9.97 Å². The lowest BCUT2D eigenvalue weighted by Crippen LogP contribution is -1.96. The van der Waals surface area contributed by atoms with Crippen molar-refractivity contribution in [1.82, 2.24) is 9.97 Å². The van der Waals surface area contributed by atoms with Crippen molar-refractivity contribution in [3.63, 3.8) is 0 Å². The molecule has 2 aromatic heterocycles. The smallest absolute Gasteiger partial charge is 0.160 e. The molecule has 7 aromatic carbocycles. The Morgan fingerprint density at radius 1 is 0.286 bits per heavy atom. The molecule has 0 radical (unpaired) electrons. The summed E-state index contributed by atoms with van der Waals surface area (Å²) in [6.45, 7) is 0. The van der Waals surface area contributed by atoms with Crippen molar-refractivity contribution >= 4 is 31.5 Å². The van der Waals surface area contributed by atoms with Gasteiger partial charge >= 0.3 is 0 Å². The Labute approximate surface area is 289 Å². The van der Waals surface area contributed by atoms with Crippen LogP contribution in [0, 0.1) is 0 Å². The maximum absolute atomic E-state index is 5.19. The van der Waals surface area contributed by atoms with Gasteiger partial charge in [0.25, 0.3) is 0 Å². The van der Waals surface area contributed by atoms with Crippen molar-refractivity contribution in [3.05, 3.63) is 182 Å². The summed E-state index contributed by atoms with van der Waals surface area (Å²) in [6.07, 6.45) is 0. The molecule has 9 aromatic rings. The molecule has 3 heteroatoms. The molecule has 0 bridgehead atoms. The van der Waals surface area contributed by atoms with Gasteiger partial charge in [0.2, 0.25) is 0 Å². The Kier molecular flexibility index (Phi) is 7.38. The van der Waals surface area contributed by atoms with E-state index >= 15 is 0 Å². The molecule has 0 fully saturated rings. The molecule has 0 N–H and O–H groups in total. The van der Waals surface area contributed by atoms with Crippen LogP contribution in [-0.2, 0) is 0 Å². The minimum absolute atomic E-state index is 0.711. The molecule has 0 atom stereocenters. The Morgan fingerprint density at radius 3 is 1.45 bits per heavy atom. The molecule has 49 heavy (non-hydrogen) atoms. The molecule has 9 rings (SSSR count). The highest BCUT2D eigenvalue weighted by molar-refractivity contribution is 7.25. The average molecular weight is 643 g/mol. The van der Waals surface area contributed by atoms with Gasteiger partial charge in [-0.05, 0) is 69.8 Å².